The highest BCUT2D eigenvalue weighted by Crippen LogP contribution is 2.44. The van der Waals surface area contributed by atoms with E-state index >= 15 is 0 Å². The quantitative estimate of drug-likeness (QED) is 0.493. The molecule has 0 aliphatic heterocycles. The largest absolute Gasteiger partial charge is 0.480 e. The van der Waals surface area contributed by atoms with Crippen LogP contribution in [0.3, 0.4) is 0 Å². The molecule has 3 rings (SSSR count). The third-order valence-electron chi connectivity index (χ3n) is 6.17. The number of ether oxygens (including phenoxy) is 1. The van der Waals surface area contributed by atoms with E-state index in [2.05, 4.69) is 29.6 Å². The lowest BCUT2D eigenvalue weighted by Gasteiger charge is -2.25. The lowest BCUT2D eigenvalue weighted by atomic mass is 9.98. The summed E-state index contributed by atoms with van der Waals surface area (Å²) in [6.07, 6.45) is 1.98. The van der Waals surface area contributed by atoms with E-state index in [-0.39, 0.29) is 18.4 Å². The molecule has 0 saturated heterocycles. The zero-order valence-electron chi connectivity index (χ0n) is 19.3. The number of carboxylic acid groups (broad SMARTS) is 1. The number of fused-ring (bicyclic) bond motifs is 3. The van der Waals surface area contributed by atoms with Gasteiger partial charge in [-0.2, -0.15) is 0 Å². The van der Waals surface area contributed by atoms with Crippen LogP contribution in [-0.4, -0.2) is 53.7 Å². The van der Waals surface area contributed by atoms with Crippen molar-refractivity contribution >= 4 is 18.0 Å². The third kappa shape index (κ3) is 5.92. The van der Waals surface area contributed by atoms with Crippen molar-refractivity contribution in [1.82, 2.24) is 10.2 Å². The van der Waals surface area contributed by atoms with Crippen LogP contribution in [0.2, 0.25) is 0 Å². The van der Waals surface area contributed by atoms with Gasteiger partial charge >= 0.3 is 12.1 Å². The van der Waals surface area contributed by atoms with Crippen molar-refractivity contribution in [2.24, 2.45) is 0 Å². The third-order valence-corrected chi connectivity index (χ3v) is 6.17. The predicted octanol–water partition coefficient (Wildman–Crippen LogP) is 4.41. The summed E-state index contributed by atoms with van der Waals surface area (Å²) in [5.74, 6) is -1.13. The second-order valence-corrected chi connectivity index (χ2v) is 8.26. The summed E-state index contributed by atoms with van der Waals surface area (Å²) < 4.78 is 5.51. The summed E-state index contributed by atoms with van der Waals surface area (Å²) >= 11 is 0. The first-order chi connectivity index (χ1) is 15.9. The molecule has 1 atom stereocenters. The van der Waals surface area contributed by atoms with E-state index in [4.69, 9.17) is 9.84 Å². The summed E-state index contributed by atoms with van der Waals surface area (Å²) in [7, 11) is 0. The highest BCUT2D eigenvalue weighted by atomic mass is 16.5. The minimum Gasteiger partial charge on any atom is -0.480 e. The number of hydrogen-bond acceptors (Lipinski definition) is 4. The maximum atomic E-state index is 12.2. The molecule has 0 heterocycles. The summed E-state index contributed by atoms with van der Waals surface area (Å²) in [5, 5.41) is 11.9. The van der Waals surface area contributed by atoms with E-state index in [9.17, 15) is 14.4 Å². The van der Waals surface area contributed by atoms with Crippen molar-refractivity contribution in [2.75, 3.05) is 19.7 Å². The van der Waals surface area contributed by atoms with Crippen LogP contribution in [0.1, 0.15) is 56.6 Å². The Kier molecular flexibility index (Phi) is 8.46. The molecule has 2 N–H and O–H groups in total. The van der Waals surface area contributed by atoms with Gasteiger partial charge in [-0.05, 0) is 48.9 Å². The van der Waals surface area contributed by atoms with Crippen LogP contribution in [0, 0.1) is 0 Å². The van der Waals surface area contributed by atoms with Gasteiger partial charge in [0, 0.05) is 25.4 Å². The lowest BCUT2D eigenvalue weighted by Crippen LogP contribution is -2.42. The summed E-state index contributed by atoms with van der Waals surface area (Å²) in [6.45, 7) is 4.41. The Hall–Kier alpha value is -3.35. The first kappa shape index (κ1) is 24.3. The molecule has 0 spiro atoms. The first-order valence-corrected chi connectivity index (χ1v) is 11.5. The zero-order chi connectivity index (χ0) is 23.8. The fraction of sp³-hybridized carbons (Fsp3) is 0.423. The normalized spacial score (nSPS) is 13.0. The molecule has 7 heteroatoms. The molecular formula is C26H32N2O5. The van der Waals surface area contributed by atoms with Gasteiger partial charge in [-0.1, -0.05) is 55.0 Å². The van der Waals surface area contributed by atoms with E-state index in [0.717, 1.165) is 12.8 Å². The van der Waals surface area contributed by atoms with Gasteiger partial charge in [-0.3, -0.25) is 4.79 Å². The van der Waals surface area contributed by atoms with Gasteiger partial charge in [-0.15, -0.1) is 0 Å². The molecule has 0 saturated carbocycles. The second-order valence-electron chi connectivity index (χ2n) is 8.26. The van der Waals surface area contributed by atoms with Crippen LogP contribution in [0.4, 0.5) is 4.79 Å². The standard InChI is InChI=1S/C26H32N2O5/c1-3-28(18(2)25(30)31)24(29)15-5-4-10-16-27-26(32)33-17-23-21-13-8-6-11-19(21)20-12-7-9-14-22(20)23/h6-9,11-14,18,23H,3-5,10,15-17H2,1-2H3,(H,27,32)(H,30,31). The highest BCUT2D eigenvalue weighted by Gasteiger charge is 2.29. The first-order valence-electron chi connectivity index (χ1n) is 11.5. The van der Waals surface area contributed by atoms with Crippen molar-refractivity contribution in [3.05, 3.63) is 59.7 Å². The molecule has 0 radical (unpaired) electrons. The number of aliphatic carboxylic acids is 1. The Labute approximate surface area is 194 Å². The van der Waals surface area contributed by atoms with E-state index in [1.165, 1.54) is 34.1 Å². The van der Waals surface area contributed by atoms with Gasteiger partial charge in [0.15, 0.2) is 0 Å². The van der Waals surface area contributed by atoms with Crippen molar-refractivity contribution in [3.8, 4) is 11.1 Å². The Balaban J connectivity index is 1.37. The van der Waals surface area contributed by atoms with Gasteiger partial charge in [0.05, 0.1) is 0 Å². The number of carboxylic acids is 1. The molecule has 2 aromatic rings. The number of nitrogens with one attached hydrogen (secondary N) is 1. The number of nitrogens with zero attached hydrogens (tertiary/aromatic N) is 1. The fourth-order valence-corrected chi connectivity index (χ4v) is 4.36. The number of unbranched alkanes of at least 4 members (excludes halogenated alkanes) is 2. The molecule has 7 nitrogen and oxygen atoms in total. The van der Waals surface area contributed by atoms with Crippen LogP contribution in [0.25, 0.3) is 11.1 Å². The molecule has 176 valence electrons. The van der Waals surface area contributed by atoms with Gasteiger partial charge in [-0.25, -0.2) is 9.59 Å². The van der Waals surface area contributed by atoms with E-state index in [1.54, 1.807) is 6.92 Å². The summed E-state index contributed by atoms with van der Waals surface area (Å²) in [5.41, 5.74) is 4.73. The van der Waals surface area contributed by atoms with Crippen LogP contribution < -0.4 is 5.32 Å². The Morgan fingerprint density at radius 3 is 2.18 bits per heavy atom. The van der Waals surface area contributed by atoms with Gasteiger partial charge in [0.2, 0.25) is 5.91 Å². The molecule has 1 unspecified atom stereocenters. The van der Waals surface area contributed by atoms with Crippen LogP contribution in [-0.2, 0) is 14.3 Å². The molecule has 0 bridgehead atoms. The Morgan fingerprint density at radius 1 is 1.00 bits per heavy atom. The lowest BCUT2D eigenvalue weighted by molar-refractivity contribution is -0.149. The molecular weight excluding hydrogens is 420 g/mol. The van der Waals surface area contributed by atoms with Crippen LogP contribution in [0.5, 0.6) is 0 Å². The van der Waals surface area contributed by atoms with Crippen LogP contribution in [0.15, 0.2) is 48.5 Å². The maximum Gasteiger partial charge on any atom is 0.407 e. The number of carbonyl (C=O) groups is 3. The highest BCUT2D eigenvalue weighted by molar-refractivity contribution is 5.83. The number of rotatable bonds is 11. The number of hydrogen-bond donors (Lipinski definition) is 2. The summed E-state index contributed by atoms with van der Waals surface area (Å²) in [6, 6.07) is 15.6. The van der Waals surface area contributed by atoms with Crippen molar-refractivity contribution in [3.63, 3.8) is 0 Å². The van der Waals surface area contributed by atoms with Gasteiger partial charge < -0.3 is 20.1 Å². The fourth-order valence-electron chi connectivity index (χ4n) is 4.36. The second kappa shape index (κ2) is 11.5. The average Bonchev–Trinajstić information content (AvgIpc) is 3.14. The zero-order valence-corrected chi connectivity index (χ0v) is 19.3. The van der Waals surface area contributed by atoms with E-state index < -0.39 is 18.1 Å². The number of carbonyl (C=O) groups excluding carboxylic acids is 2. The molecule has 33 heavy (non-hydrogen) atoms. The monoisotopic (exact) mass is 452 g/mol. The van der Waals surface area contributed by atoms with Crippen LogP contribution >= 0.6 is 0 Å². The van der Waals surface area contributed by atoms with E-state index in [0.29, 0.717) is 25.9 Å². The smallest absolute Gasteiger partial charge is 0.407 e. The average molecular weight is 453 g/mol. The minimum absolute atomic E-state index is 0.0314. The number of amides is 2. The van der Waals surface area contributed by atoms with Crippen molar-refractivity contribution in [2.45, 2.75) is 51.5 Å². The number of benzene rings is 2. The molecule has 0 aromatic heterocycles. The summed E-state index contributed by atoms with van der Waals surface area (Å²) in [4.78, 5) is 36.9. The van der Waals surface area contributed by atoms with E-state index in [1.807, 2.05) is 24.3 Å². The molecule has 2 aromatic carbocycles. The SMILES string of the molecule is CCN(C(=O)CCCCCNC(=O)OCC1c2ccccc2-c2ccccc21)C(C)C(=O)O. The topological polar surface area (TPSA) is 95.9 Å². The van der Waals surface area contributed by atoms with Gasteiger partial charge in [0.1, 0.15) is 12.6 Å². The Morgan fingerprint density at radius 2 is 1.61 bits per heavy atom. The number of likely N-dealkylation sites (N-methyl/N-ethyl adjacent to an activating group) is 1. The predicted molar refractivity (Wildman–Crippen MR) is 126 cm³/mol. The van der Waals surface area contributed by atoms with Gasteiger partial charge in [0.25, 0.3) is 0 Å². The van der Waals surface area contributed by atoms with Crippen molar-refractivity contribution in [1.29, 1.82) is 0 Å². The molecule has 0 fully saturated rings. The Bertz CT molecular complexity index is 945. The van der Waals surface area contributed by atoms with Crippen molar-refractivity contribution < 1.29 is 24.2 Å². The molecule has 1 aliphatic carbocycles. The number of alkyl carbamates (subject to hydrolysis) is 1. The maximum absolute atomic E-state index is 12.2. The molecule has 2 amide bonds. The molecule has 1 aliphatic rings. The minimum atomic E-state index is -1.00.